The van der Waals surface area contributed by atoms with Crippen molar-refractivity contribution in [3.05, 3.63) is 24.3 Å². The predicted octanol–water partition coefficient (Wildman–Crippen LogP) is 1.57. The number of thioether (sulfide) groups is 1. The third-order valence-corrected chi connectivity index (χ3v) is 2.20. The second-order valence-electron chi connectivity index (χ2n) is 2.18. The molecule has 0 aliphatic heterocycles. The van der Waals surface area contributed by atoms with E-state index in [-0.39, 0.29) is 11.5 Å². The first kappa shape index (κ1) is 8.93. The van der Waals surface area contributed by atoms with Gasteiger partial charge in [0.05, 0.1) is 5.75 Å². The van der Waals surface area contributed by atoms with Gasteiger partial charge in [-0.25, -0.2) is 0 Å². The van der Waals surface area contributed by atoms with Crippen molar-refractivity contribution in [3.63, 3.8) is 0 Å². The maximum absolute atomic E-state index is 10.2. The fraction of sp³-hybridized carbons (Fsp3) is 0.125. The van der Waals surface area contributed by atoms with Crippen molar-refractivity contribution in [1.82, 2.24) is 0 Å². The first-order valence-corrected chi connectivity index (χ1v) is 4.30. The van der Waals surface area contributed by atoms with Crippen molar-refractivity contribution < 1.29 is 15.0 Å². The van der Waals surface area contributed by atoms with Gasteiger partial charge in [0.15, 0.2) is 0 Å². The molecule has 1 aromatic rings. The Labute approximate surface area is 74.0 Å². The maximum atomic E-state index is 10.2. The number of benzene rings is 1. The molecule has 1 aromatic carbocycles. The zero-order chi connectivity index (χ0) is 8.97. The summed E-state index contributed by atoms with van der Waals surface area (Å²) in [4.78, 5) is 11.0. The molecule has 3 nitrogen and oxygen atoms in total. The Morgan fingerprint density at radius 2 is 1.92 bits per heavy atom. The highest BCUT2D eigenvalue weighted by Crippen LogP contribution is 2.19. The highest BCUT2D eigenvalue weighted by molar-refractivity contribution is 8.00. The van der Waals surface area contributed by atoms with Gasteiger partial charge in [0.2, 0.25) is 0 Å². The van der Waals surface area contributed by atoms with E-state index in [1.165, 1.54) is 23.9 Å². The van der Waals surface area contributed by atoms with Gasteiger partial charge >= 0.3 is 5.97 Å². The zero-order valence-electron chi connectivity index (χ0n) is 6.23. The fourth-order valence-corrected chi connectivity index (χ4v) is 1.31. The lowest BCUT2D eigenvalue weighted by Crippen LogP contribution is -1.96. The zero-order valence-corrected chi connectivity index (χ0v) is 7.04. The standard InChI is InChI=1S/C8H8O3S/c9-6-1-3-7(4-2-6)12-5-8(10)11/h1-4,9H,5H2,(H,10,11). The van der Waals surface area contributed by atoms with Crippen LogP contribution >= 0.6 is 11.8 Å². The smallest absolute Gasteiger partial charge is 0.313 e. The molecule has 0 radical (unpaired) electrons. The molecule has 0 amide bonds. The second-order valence-corrected chi connectivity index (χ2v) is 3.23. The van der Waals surface area contributed by atoms with Gasteiger partial charge in [-0.1, -0.05) is 0 Å². The van der Waals surface area contributed by atoms with E-state index in [0.29, 0.717) is 0 Å². The topological polar surface area (TPSA) is 57.5 Å². The highest BCUT2D eigenvalue weighted by Gasteiger charge is 1.98. The Morgan fingerprint density at radius 3 is 2.42 bits per heavy atom. The van der Waals surface area contributed by atoms with Crippen LogP contribution in [0.5, 0.6) is 5.75 Å². The average molecular weight is 184 g/mol. The Balaban J connectivity index is 2.53. The van der Waals surface area contributed by atoms with E-state index in [9.17, 15) is 4.79 Å². The molecule has 0 spiro atoms. The molecule has 0 fully saturated rings. The summed E-state index contributed by atoms with van der Waals surface area (Å²) in [6.45, 7) is 0. The number of carboxylic acids is 1. The molecule has 0 heterocycles. The van der Waals surface area contributed by atoms with Crippen molar-refractivity contribution >= 4 is 17.7 Å². The number of phenols is 1. The van der Waals surface area contributed by atoms with Crippen LogP contribution in [0.3, 0.4) is 0 Å². The SMILES string of the molecule is O=C(O)CSc1ccc(O)cc1. The Morgan fingerprint density at radius 1 is 1.33 bits per heavy atom. The molecule has 64 valence electrons. The predicted molar refractivity (Wildman–Crippen MR) is 46.5 cm³/mol. The summed E-state index contributed by atoms with van der Waals surface area (Å²) in [5, 5.41) is 17.3. The molecule has 0 aliphatic rings. The summed E-state index contributed by atoms with van der Waals surface area (Å²) in [6, 6.07) is 6.43. The van der Waals surface area contributed by atoms with Gasteiger partial charge in [-0.05, 0) is 24.3 Å². The number of hydrogen-bond acceptors (Lipinski definition) is 3. The first-order valence-electron chi connectivity index (χ1n) is 3.32. The van der Waals surface area contributed by atoms with Crippen molar-refractivity contribution in [2.45, 2.75) is 4.90 Å². The molecule has 12 heavy (non-hydrogen) atoms. The van der Waals surface area contributed by atoms with Gasteiger partial charge in [-0.15, -0.1) is 11.8 Å². The minimum Gasteiger partial charge on any atom is -0.508 e. The van der Waals surface area contributed by atoms with Crippen LogP contribution in [-0.2, 0) is 4.79 Å². The molecular weight excluding hydrogens is 176 g/mol. The summed E-state index contributed by atoms with van der Waals surface area (Å²) >= 11 is 1.23. The molecule has 1 rings (SSSR count). The summed E-state index contributed by atoms with van der Waals surface area (Å²) in [7, 11) is 0. The van der Waals surface area contributed by atoms with E-state index in [4.69, 9.17) is 10.2 Å². The Bertz CT molecular complexity index is 268. The monoisotopic (exact) mass is 184 g/mol. The molecular formula is C8H8O3S. The molecule has 0 saturated heterocycles. The number of carboxylic acid groups (broad SMARTS) is 1. The van der Waals surface area contributed by atoms with Crippen LogP contribution in [0.1, 0.15) is 0 Å². The average Bonchev–Trinajstić information content (AvgIpc) is 2.03. The molecule has 0 saturated carbocycles. The van der Waals surface area contributed by atoms with Gasteiger partial charge in [0.25, 0.3) is 0 Å². The third-order valence-electron chi connectivity index (χ3n) is 1.20. The molecule has 2 N–H and O–H groups in total. The van der Waals surface area contributed by atoms with Gasteiger partial charge in [0, 0.05) is 4.90 Å². The summed E-state index contributed by atoms with van der Waals surface area (Å²) in [5.41, 5.74) is 0. The number of phenolic OH excluding ortho intramolecular Hbond substituents is 1. The number of carbonyl (C=O) groups is 1. The van der Waals surface area contributed by atoms with Crippen molar-refractivity contribution in [2.24, 2.45) is 0 Å². The third kappa shape index (κ3) is 2.84. The molecule has 0 aromatic heterocycles. The fourth-order valence-electron chi connectivity index (χ4n) is 0.687. The summed E-state index contributed by atoms with van der Waals surface area (Å²) in [6.07, 6.45) is 0. The van der Waals surface area contributed by atoms with Gasteiger partial charge in [0.1, 0.15) is 5.75 Å². The van der Waals surface area contributed by atoms with Crippen LogP contribution < -0.4 is 0 Å². The van der Waals surface area contributed by atoms with Crippen LogP contribution in [0, 0.1) is 0 Å². The number of hydrogen-bond donors (Lipinski definition) is 2. The lowest BCUT2D eigenvalue weighted by atomic mass is 10.3. The Kier molecular flexibility index (Phi) is 2.99. The minimum absolute atomic E-state index is 0.0464. The van der Waals surface area contributed by atoms with Gasteiger partial charge < -0.3 is 10.2 Å². The second kappa shape index (κ2) is 4.01. The first-order chi connectivity index (χ1) is 5.68. The maximum Gasteiger partial charge on any atom is 0.313 e. The van der Waals surface area contributed by atoms with E-state index < -0.39 is 5.97 Å². The van der Waals surface area contributed by atoms with E-state index in [0.717, 1.165) is 4.90 Å². The highest BCUT2D eigenvalue weighted by atomic mass is 32.2. The summed E-state index contributed by atoms with van der Waals surface area (Å²) < 4.78 is 0. The normalized spacial score (nSPS) is 9.67. The van der Waals surface area contributed by atoms with E-state index in [1.54, 1.807) is 12.1 Å². The van der Waals surface area contributed by atoms with Crippen LogP contribution in [-0.4, -0.2) is 21.9 Å². The molecule has 0 aliphatic carbocycles. The number of aromatic hydroxyl groups is 1. The van der Waals surface area contributed by atoms with Crippen LogP contribution in [0.15, 0.2) is 29.2 Å². The lowest BCUT2D eigenvalue weighted by molar-refractivity contribution is -0.133. The van der Waals surface area contributed by atoms with Crippen LogP contribution in [0.25, 0.3) is 0 Å². The molecule has 0 unspecified atom stereocenters. The summed E-state index contributed by atoms with van der Waals surface area (Å²) in [5.74, 6) is -0.604. The van der Waals surface area contributed by atoms with Crippen LogP contribution in [0.2, 0.25) is 0 Å². The largest absolute Gasteiger partial charge is 0.508 e. The van der Waals surface area contributed by atoms with E-state index in [2.05, 4.69) is 0 Å². The quantitative estimate of drug-likeness (QED) is 0.700. The molecule has 0 atom stereocenters. The molecule has 0 bridgehead atoms. The van der Waals surface area contributed by atoms with E-state index >= 15 is 0 Å². The number of aliphatic carboxylic acids is 1. The van der Waals surface area contributed by atoms with Gasteiger partial charge in [-0.3, -0.25) is 4.79 Å². The van der Waals surface area contributed by atoms with Crippen molar-refractivity contribution in [1.29, 1.82) is 0 Å². The Hall–Kier alpha value is -1.16. The van der Waals surface area contributed by atoms with Crippen molar-refractivity contribution in [3.8, 4) is 5.75 Å². The lowest BCUT2D eigenvalue weighted by Gasteiger charge is -1.97. The van der Waals surface area contributed by atoms with Crippen molar-refractivity contribution in [2.75, 3.05) is 5.75 Å². The minimum atomic E-state index is -0.840. The van der Waals surface area contributed by atoms with Gasteiger partial charge in [-0.2, -0.15) is 0 Å². The van der Waals surface area contributed by atoms with E-state index in [1.807, 2.05) is 0 Å². The molecule has 4 heteroatoms. The van der Waals surface area contributed by atoms with Crippen LogP contribution in [0.4, 0.5) is 0 Å². The number of rotatable bonds is 3.